The predicted molar refractivity (Wildman–Crippen MR) is 86.8 cm³/mol. The number of carbonyl (C=O) groups is 1. The van der Waals surface area contributed by atoms with Crippen LogP contribution in [0.1, 0.15) is 31.1 Å². The smallest absolute Gasteiger partial charge is 0.255 e. The van der Waals surface area contributed by atoms with Crippen LogP contribution in [0.15, 0.2) is 30.5 Å². The van der Waals surface area contributed by atoms with Crippen LogP contribution in [0.25, 0.3) is 11.3 Å². The molecule has 2 rings (SSSR count). The first-order valence-corrected chi connectivity index (χ1v) is 7.42. The normalized spacial score (nSPS) is 13.0. The highest BCUT2D eigenvalue weighted by Gasteiger charge is 2.23. The van der Waals surface area contributed by atoms with Crippen molar-refractivity contribution in [3.63, 3.8) is 0 Å². The Labute approximate surface area is 134 Å². The van der Waals surface area contributed by atoms with E-state index in [-0.39, 0.29) is 17.9 Å². The summed E-state index contributed by atoms with van der Waals surface area (Å²) in [5.41, 5.74) is 1.59. The molecule has 0 saturated heterocycles. The minimum absolute atomic E-state index is 0.188. The fourth-order valence-electron chi connectivity index (χ4n) is 1.89. The van der Waals surface area contributed by atoms with E-state index in [2.05, 4.69) is 15.5 Å². The van der Waals surface area contributed by atoms with Gasteiger partial charge >= 0.3 is 0 Å². The molecule has 2 aromatic rings. The standard InChI is InChI=1S/C16H20ClN3O2/c1-16(2,3)13(21)9-18-15(22)12-8-19-20-14(12)10-4-6-11(17)7-5-10/h4-8,13,21H,9H2,1-3H3,(H,18,22)(H,19,20). The third-order valence-corrected chi connectivity index (χ3v) is 3.72. The Balaban J connectivity index is 2.12. The van der Waals surface area contributed by atoms with Gasteiger partial charge < -0.3 is 10.4 Å². The van der Waals surface area contributed by atoms with Crippen LogP contribution in [0, 0.1) is 5.41 Å². The maximum absolute atomic E-state index is 12.3. The number of nitrogens with one attached hydrogen (secondary N) is 2. The highest BCUT2D eigenvalue weighted by molar-refractivity contribution is 6.30. The Morgan fingerprint density at radius 1 is 1.36 bits per heavy atom. The van der Waals surface area contributed by atoms with Gasteiger partial charge in [-0.1, -0.05) is 44.5 Å². The molecule has 1 amide bonds. The van der Waals surface area contributed by atoms with Gasteiger partial charge in [-0.25, -0.2) is 0 Å². The molecule has 0 bridgehead atoms. The maximum Gasteiger partial charge on any atom is 0.255 e. The highest BCUT2D eigenvalue weighted by atomic mass is 35.5. The minimum Gasteiger partial charge on any atom is -0.391 e. The van der Waals surface area contributed by atoms with Crippen molar-refractivity contribution in [2.75, 3.05) is 6.54 Å². The van der Waals surface area contributed by atoms with Crippen molar-refractivity contribution in [3.05, 3.63) is 41.0 Å². The number of benzene rings is 1. The number of hydrogen-bond donors (Lipinski definition) is 3. The summed E-state index contributed by atoms with van der Waals surface area (Å²) in [5, 5.41) is 20.1. The molecular formula is C16H20ClN3O2. The van der Waals surface area contributed by atoms with E-state index in [4.69, 9.17) is 11.6 Å². The highest BCUT2D eigenvalue weighted by Crippen LogP contribution is 2.23. The second kappa shape index (κ2) is 6.50. The van der Waals surface area contributed by atoms with Crippen molar-refractivity contribution in [2.24, 2.45) is 5.41 Å². The predicted octanol–water partition coefficient (Wildman–Crippen LogP) is 2.87. The van der Waals surface area contributed by atoms with Gasteiger partial charge in [0.15, 0.2) is 0 Å². The van der Waals surface area contributed by atoms with E-state index in [0.717, 1.165) is 5.56 Å². The molecule has 5 nitrogen and oxygen atoms in total. The average Bonchev–Trinajstić information content (AvgIpc) is 2.93. The molecule has 22 heavy (non-hydrogen) atoms. The van der Waals surface area contributed by atoms with Gasteiger partial charge in [0.2, 0.25) is 0 Å². The monoisotopic (exact) mass is 321 g/mol. The zero-order valence-electron chi connectivity index (χ0n) is 12.9. The van der Waals surface area contributed by atoms with Crippen LogP contribution in [-0.4, -0.2) is 33.9 Å². The molecule has 1 aromatic heterocycles. The van der Waals surface area contributed by atoms with Crippen LogP contribution < -0.4 is 5.32 Å². The molecule has 0 saturated carbocycles. The number of aliphatic hydroxyl groups excluding tert-OH is 1. The van der Waals surface area contributed by atoms with E-state index < -0.39 is 6.10 Å². The summed E-state index contributed by atoms with van der Waals surface area (Å²) < 4.78 is 0. The number of nitrogens with zero attached hydrogens (tertiary/aromatic N) is 1. The van der Waals surface area contributed by atoms with Crippen LogP contribution in [0.4, 0.5) is 0 Å². The molecule has 6 heteroatoms. The third kappa shape index (κ3) is 3.87. The molecular weight excluding hydrogens is 302 g/mol. The number of halogens is 1. The van der Waals surface area contributed by atoms with Gasteiger partial charge in [-0.3, -0.25) is 9.89 Å². The Bertz CT molecular complexity index is 644. The van der Waals surface area contributed by atoms with E-state index in [1.807, 2.05) is 32.9 Å². The topological polar surface area (TPSA) is 78.0 Å². The zero-order chi connectivity index (χ0) is 16.3. The Hall–Kier alpha value is -1.85. The van der Waals surface area contributed by atoms with Gasteiger partial charge in [-0.2, -0.15) is 5.10 Å². The molecule has 0 fully saturated rings. The number of rotatable bonds is 4. The van der Waals surface area contributed by atoms with E-state index in [0.29, 0.717) is 16.3 Å². The number of aromatic nitrogens is 2. The van der Waals surface area contributed by atoms with Gasteiger partial charge in [-0.05, 0) is 17.5 Å². The van der Waals surface area contributed by atoms with Crippen molar-refractivity contribution in [2.45, 2.75) is 26.9 Å². The quantitative estimate of drug-likeness (QED) is 0.810. The molecule has 1 heterocycles. The molecule has 0 aliphatic heterocycles. The van der Waals surface area contributed by atoms with E-state index in [1.165, 1.54) is 6.20 Å². The summed E-state index contributed by atoms with van der Waals surface area (Å²) in [6.07, 6.45) is 0.852. The van der Waals surface area contributed by atoms with E-state index in [9.17, 15) is 9.90 Å². The summed E-state index contributed by atoms with van der Waals surface area (Å²) in [4.78, 5) is 12.3. The van der Waals surface area contributed by atoms with Gasteiger partial charge in [0.05, 0.1) is 23.6 Å². The summed E-state index contributed by atoms with van der Waals surface area (Å²) in [5.74, 6) is -0.276. The van der Waals surface area contributed by atoms with E-state index in [1.54, 1.807) is 12.1 Å². The lowest BCUT2D eigenvalue weighted by Crippen LogP contribution is -2.39. The van der Waals surface area contributed by atoms with Gasteiger partial charge in [0, 0.05) is 17.1 Å². The molecule has 1 atom stereocenters. The van der Waals surface area contributed by atoms with Gasteiger partial charge in [0.25, 0.3) is 5.91 Å². The first-order valence-electron chi connectivity index (χ1n) is 7.04. The van der Waals surface area contributed by atoms with Crippen molar-refractivity contribution < 1.29 is 9.90 Å². The lowest BCUT2D eigenvalue weighted by atomic mass is 9.89. The minimum atomic E-state index is -0.623. The molecule has 118 valence electrons. The lowest BCUT2D eigenvalue weighted by molar-refractivity contribution is 0.0587. The fourth-order valence-corrected chi connectivity index (χ4v) is 2.01. The van der Waals surface area contributed by atoms with Crippen molar-refractivity contribution in [3.8, 4) is 11.3 Å². The lowest BCUT2D eigenvalue weighted by Gasteiger charge is -2.25. The van der Waals surface area contributed by atoms with Gasteiger partial charge in [-0.15, -0.1) is 0 Å². The molecule has 1 unspecified atom stereocenters. The molecule has 0 radical (unpaired) electrons. The fraction of sp³-hybridized carbons (Fsp3) is 0.375. The first kappa shape index (κ1) is 16.5. The Morgan fingerprint density at radius 2 is 2.00 bits per heavy atom. The van der Waals surface area contributed by atoms with Crippen LogP contribution in [0.3, 0.4) is 0 Å². The number of H-pyrrole nitrogens is 1. The van der Waals surface area contributed by atoms with Gasteiger partial charge in [0.1, 0.15) is 0 Å². The number of amides is 1. The van der Waals surface area contributed by atoms with Crippen molar-refractivity contribution >= 4 is 17.5 Å². The largest absolute Gasteiger partial charge is 0.391 e. The Morgan fingerprint density at radius 3 is 2.59 bits per heavy atom. The number of aliphatic hydroxyl groups is 1. The third-order valence-electron chi connectivity index (χ3n) is 3.47. The molecule has 3 N–H and O–H groups in total. The molecule has 0 aliphatic rings. The second-order valence-corrected chi connectivity index (χ2v) is 6.69. The SMILES string of the molecule is CC(C)(C)C(O)CNC(=O)c1cn[nH]c1-c1ccc(Cl)cc1. The summed E-state index contributed by atoms with van der Waals surface area (Å²) in [6, 6.07) is 7.14. The van der Waals surface area contributed by atoms with Crippen molar-refractivity contribution in [1.82, 2.24) is 15.5 Å². The second-order valence-electron chi connectivity index (χ2n) is 6.26. The van der Waals surface area contributed by atoms with Crippen LogP contribution in [0.5, 0.6) is 0 Å². The summed E-state index contributed by atoms with van der Waals surface area (Å²) in [7, 11) is 0. The van der Waals surface area contributed by atoms with Crippen LogP contribution >= 0.6 is 11.6 Å². The van der Waals surface area contributed by atoms with Crippen molar-refractivity contribution in [1.29, 1.82) is 0 Å². The Kier molecular flexibility index (Phi) is 4.88. The number of hydrogen-bond acceptors (Lipinski definition) is 3. The zero-order valence-corrected chi connectivity index (χ0v) is 13.6. The maximum atomic E-state index is 12.3. The molecule has 0 aliphatic carbocycles. The summed E-state index contributed by atoms with van der Waals surface area (Å²) in [6.45, 7) is 5.94. The van der Waals surface area contributed by atoms with E-state index >= 15 is 0 Å². The first-order chi connectivity index (χ1) is 10.3. The average molecular weight is 322 g/mol. The number of aromatic amines is 1. The van der Waals surface area contributed by atoms with Crippen LogP contribution in [-0.2, 0) is 0 Å². The molecule has 1 aromatic carbocycles. The van der Waals surface area contributed by atoms with Crippen LogP contribution in [0.2, 0.25) is 5.02 Å². The molecule has 0 spiro atoms. The summed E-state index contributed by atoms with van der Waals surface area (Å²) >= 11 is 5.87. The number of carbonyl (C=O) groups excluding carboxylic acids is 1.